The number of methoxy groups -OCH3 is 1. The fourth-order valence-electron chi connectivity index (χ4n) is 4.14. The number of primary amides is 1. The SMILES string of the molecule is COCCOc1nccc2c(Nc3nc(NC4CCCCC4N)c(F)cc3C(N)=O)cccc12. The highest BCUT2D eigenvalue weighted by Crippen LogP contribution is 2.32. The Morgan fingerprint density at radius 2 is 2.00 bits per heavy atom. The Morgan fingerprint density at radius 1 is 1.18 bits per heavy atom. The molecule has 2 heterocycles. The van der Waals surface area contributed by atoms with Gasteiger partial charge in [0, 0.05) is 41.9 Å². The number of fused-ring (bicyclic) bond motifs is 1. The number of amides is 1. The maximum absolute atomic E-state index is 14.8. The largest absolute Gasteiger partial charge is 0.475 e. The highest BCUT2D eigenvalue weighted by atomic mass is 19.1. The molecule has 1 fully saturated rings. The van der Waals surface area contributed by atoms with Crippen LogP contribution in [0.5, 0.6) is 5.88 Å². The van der Waals surface area contributed by atoms with E-state index in [9.17, 15) is 9.18 Å². The van der Waals surface area contributed by atoms with Gasteiger partial charge in [0.15, 0.2) is 11.6 Å². The van der Waals surface area contributed by atoms with Crippen molar-refractivity contribution in [3.05, 3.63) is 47.9 Å². The highest BCUT2D eigenvalue weighted by molar-refractivity contribution is 6.02. The number of benzene rings is 1. The van der Waals surface area contributed by atoms with E-state index in [1.165, 1.54) is 0 Å². The average molecular weight is 469 g/mol. The van der Waals surface area contributed by atoms with Gasteiger partial charge in [0.2, 0.25) is 5.88 Å². The standard InChI is InChI=1S/C24H29FN6O3/c1-33-11-12-34-24-15-5-4-8-19(14(15)9-10-28-24)29-22-16(21(27)32)13-17(25)23(31-22)30-20-7-3-2-6-18(20)26/h4-5,8-10,13,18,20H,2-3,6-7,11-12,26H2,1H3,(H2,27,32)(H2,29,30,31). The summed E-state index contributed by atoms with van der Waals surface area (Å²) in [5.74, 6) is -0.824. The molecule has 9 nitrogen and oxygen atoms in total. The minimum atomic E-state index is -0.791. The van der Waals surface area contributed by atoms with E-state index in [2.05, 4.69) is 20.6 Å². The number of hydrogen-bond donors (Lipinski definition) is 4. The maximum atomic E-state index is 14.8. The van der Waals surface area contributed by atoms with Crippen molar-refractivity contribution >= 4 is 34.0 Å². The van der Waals surface area contributed by atoms with Crippen LogP contribution in [0.3, 0.4) is 0 Å². The van der Waals surface area contributed by atoms with Crippen LogP contribution in [-0.2, 0) is 4.74 Å². The predicted octanol–water partition coefficient (Wildman–Crippen LogP) is 3.32. The van der Waals surface area contributed by atoms with Gasteiger partial charge in [0.25, 0.3) is 5.91 Å². The van der Waals surface area contributed by atoms with Gasteiger partial charge in [-0.3, -0.25) is 4.79 Å². The Kier molecular flexibility index (Phi) is 7.39. The number of nitrogens with one attached hydrogen (secondary N) is 2. The Hall–Kier alpha value is -3.50. The molecule has 6 N–H and O–H groups in total. The highest BCUT2D eigenvalue weighted by Gasteiger charge is 2.24. The molecule has 0 spiro atoms. The summed E-state index contributed by atoms with van der Waals surface area (Å²) < 4.78 is 25.6. The Labute approximate surface area is 197 Å². The number of anilines is 3. The zero-order chi connectivity index (χ0) is 24.1. The molecule has 34 heavy (non-hydrogen) atoms. The van der Waals surface area contributed by atoms with Gasteiger partial charge in [-0.1, -0.05) is 18.9 Å². The molecule has 0 saturated heterocycles. The fourth-order valence-corrected chi connectivity index (χ4v) is 4.14. The second-order valence-electron chi connectivity index (χ2n) is 8.26. The van der Waals surface area contributed by atoms with Gasteiger partial charge in [0.05, 0.1) is 12.2 Å². The minimum Gasteiger partial charge on any atom is -0.475 e. The number of rotatable bonds is 9. The lowest BCUT2D eigenvalue weighted by Crippen LogP contribution is -2.43. The average Bonchev–Trinajstić information content (AvgIpc) is 2.83. The molecule has 1 amide bonds. The molecule has 2 aromatic heterocycles. The van der Waals surface area contributed by atoms with Gasteiger partial charge in [0.1, 0.15) is 12.4 Å². The number of nitrogens with two attached hydrogens (primary N) is 2. The van der Waals surface area contributed by atoms with Crippen LogP contribution in [-0.4, -0.2) is 48.3 Å². The number of nitrogens with zero attached hydrogens (tertiary/aromatic N) is 2. The topological polar surface area (TPSA) is 137 Å². The van der Waals surface area contributed by atoms with Gasteiger partial charge in [-0.05, 0) is 37.1 Å². The van der Waals surface area contributed by atoms with Crippen molar-refractivity contribution in [1.29, 1.82) is 0 Å². The van der Waals surface area contributed by atoms with Crippen LogP contribution in [0, 0.1) is 5.82 Å². The van der Waals surface area contributed by atoms with Gasteiger partial charge in [-0.2, -0.15) is 0 Å². The third kappa shape index (κ3) is 5.18. The quantitative estimate of drug-likeness (QED) is 0.351. The van der Waals surface area contributed by atoms with Crippen LogP contribution >= 0.6 is 0 Å². The first-order chi connectivity index (χ1) is 16.5. The smallest absolute Gasteiger partial charge is 0.252 e. The molecule has 0 radical (unpaired) electrons. The van der Waals surface area contributed by atoms with E-state index in [0.29, 0.717) is 24.8 Å². The third-order valence-electron chi connectivity index (χ3n) is 5.93. The number of ether oxygens (including phenoxy) is 2. The summed E-state index contributed by atoms with van der Waals surface area (Å²) in [7, 11) is 1.60. The summed E-state index contributed by atoms with van der Waals surface area (Å²) in [4.78, 5) is 20.8. The normalized spacial score (nSPS) is 18.0. The van der Waals surface area contributed by atoms with E-state index >= 15 is 0 Å². The zero-order valence-corrected chi connectivity index (χ0v) is 19.0. The van der Waals surface area contributed by atoms with Crippen molar-refractivity contribution in [2.45, 2.75) is 37.8 Å². The number of aromatic nitrogens is 2. The molecule has 1 aliphatic carbocycles. The maximum Gasteiger partial charge on any atom is 0.252 e. The van der Waals surface area contributed by atoms with E-state index in [4.69, 9.17) is 20.9 Å². The molecule has 10 heteroatoms. The predicted molar refractivity (Wildman–Crippen MR) is 129 cm³/mol. The van der Waals surface area contributed by atoms with Crippen molar-refractivity contribution in [2.75, 3.05) is 31.0 Å². The monoisotopic (exact) mass is 468 g/mol. The van der Waals surface area contributed by atoms with Gasteiger partial charge in [-0.15, -0.1) is 0 Å². The molecule has 180 valence electrons. The number of carbonyl (C=O) groups excluding carboxylic acids is 1. The molecule has 0 aliphatic heterocycles. The van der Waals surface area contributed by atoms with Crippen LogP contribution in [0.1, 0.15) is 36.0 Å². The molecule has 1 saturated carbocycles. The molecular formula is C24H29FN6O3. The van der Waals surface area contributed by atoms with Gasteiger partial charge >= 0.3 is 0 Å². The first kappa shape index (κ1) is 23.7. The summed E-state index contributed by atoms with van der Waals surface area (Å²) >= 11 is 0. The van der Waals surface area contributed by atoms with Crippen molar-refractivity contribution in [1.82, 2.24) is 9.97 Å². The van der Waals surface area contributed by atoms with Gasteiger partial charge in [-0.25, -0.2) is 14.4 Å². The Balaban J connectivity index is 1.68. The van der Waals surface area contributed by atoms with E-state index in [-0.39, 0.29) is 29.3 Å². The summed E-state index contributed by atoms with van der Waals surface area (Å²) in [5.41, 5.74) is 12.3. The van der Waals surface area contributed by atoms with Crippen LogP contribution in [0.15, 0.2) is 36.5 Å². The zero-order valence-electron chi connectivity index (χ0n) is 19.0. The van der Waals surface area contributed by atoms with E-state index in [1.807, 2.05) is 24.3 Å². The van der Waals surface area contributed by atoms with Crippen molar-refractivity contribution < 1.29 is 18.7 Å². The lowest BCUT2D eigenvalue weighted by atomic mass is 9.91. The second-order valence-corrected chi connectivity index (χ2v) is 8.26. The molecule has 1 aromatic carbocycles. The molecular weight excluding hydrogens is 439 g/mol. The minimum absolute atomic E-state index is 0.0281. The molecule has 4 rings (SSSR count). The van der Waals surface area contributed by atoms with Crippen LogP contribution < -0.4 is 26.8 Å². The summed E-state index contributed by atoms with van der Waals surface area (Å²) in [5, 5.41) is 7.82. The molecule has 0 bridgehead atoms. The van der Waals surface area contributed by atoms with Crippen molar-refractivity contribution in [3.63, 3.8) is 0 Å². The summed E-state index contributed by atoms with van der Waals surface area (Å²) in [6, 6.07) is 8.24. The molecule has 2 unspecified atom stereocenters. The first-order valence-corrected chi connectivity index (χ1v) is 11.3. The summed E-state index contributed by atoms with van der Waals surface area (Å²) in [6.45, 7) is 0.780. The Bertz CT molecular complexity index is 1170. The number of halogens is 1. The first-order valence-electron chi connectivity index (χ1n) is 11.3. The summed E-state index contributed by atoms with van der Waals surface area (Å²) in [6.07, 6.45) is 5.37. The number of pyridine rings is 2. The second kappa shape index (κ2) is 10.6. The third-order valence-corrected chi connectivity index (χ3v) is 5.93. The molecule has 1 aliphatic rings. The van der Waals surface area contributed by atoms with Crippen molar-refractivity contribution in [3.8, 4) is 5.88 Å². The van der Waals surface area contributed by atoms with Gasteiger partial charge < -0.3 is 31.6 Å². The van der Waals surface area contributed by atoms with E-state index < -0.39 is 11.7 Å². The number of carbonyl (C=O) groups is 1. The van der Waals surface area contributed by atoms with Crippen molar-refractivity contribution in [2.24, 2.45) is 11.5 Å². The van der Waals surface area contributed by atoms with Crippen LogP contribution in [0.2, 0.25) is 0 Å². The van der Waals surface area contributed by atoms with Crippen LogP contribution in [0.25, 0.3) is 10.8 Å². The Morgan fingerprint density at radius 3 is 2.76 bits per heavy atom. The number of hydrogen-bond acceptors (Lipinski definition) is 8. The lowest BCUT2D eigenvalue weighted by Gasteiger charge is -2.30. The van der Waals surface area contributed by atoms with Crippen LogP contribution in [0.4, 0.5) is 21.7 Å². The van der Waals surface area contributed by atoms with E-state index in [1.54, 1.807) is 13.3 Å². The molecule has 3 aromatic rings. The fraction of sp³-hybridized carbons (Fsp3) is 0.375. The molecule has 2 atom stereocenters. The van der Waals surface area contributed by atoms with E-state index in [0.717, 1.165) is 42.5 Å². The lowest BCUT2D eigenvalue weighted by molar-refractivity contribution is 0.100.